The number of halogens is 1. The van der Waals surface area contributed by atoms with Crippen molar-refractivity contribution in [2.24, 2.45) is 0 Å². The van der Waals surface area contributed by atoms with E-state index in [2.05, 4.69) is 5.32 Å². The van der Waals surface area contributed by atoms with E-state index in [9.17, 15) is 13.2 Å². The van der Waals surface area contributed by atoms with Gasteiger partial charge in [-0.3, -0.25) is 4.79 Å². The third kappa shape index (κ3) is 5.31. The van der Waals surface area contributed by atoms with Gasteiger partial charge in [0, 0.05) is 42.9 Å². The van der Waals surface area contributed by atoms with Crippen LogP contribution in [0.3, 0.4) is 0 Å². The van der Waals surface area contributed by atoms with Crippen molar-refractivity contribution in [1.29, 1.82) is 0 Å². The van der Waals surface area contributed by atoms with Crippen molar-refractivity contribution in [2.45, 2.75) is 30.4 Å². The summed E-state index contributed by atoms with van der Waals surface area (Å²) < 4.78 is 37.8. The highest BCUT2D eigenvalue weighted by atomic mass is 35.5. The molecule has 3 rings (SSSR count). The first kappa shape index (κ1) is 22.6. The monoisotopic (exact) mass is 452 g/mol. The van der Waals surface area contributed by atoms with Gasteiger partial charge in [-0.25, -0.2) is 8.42 Å². The zero-order valence-corrected chi connectivity index (χ0v) is 18.5. The van der Waals surface area contributed by atoms with Crippen LogP contribution in [0.1, 0.15) is 28.8 Å². The molecule has 2 aromatic rings. The first-order valence-corrected chi connectivity index (χ1v) is 11.4. The number of carbonyl (C=O) groups excluding carboxylic acids is 1. The van der Waals surface area contributed by atoms with Gasteiger partial charge in [-0.05, 0) is 55.3 Å². The molecule has 1 N–H and O–H groups in total. The molecule has 0 saturated carbocycles. The quantitative estimate of drug-likeness (QED) is 0.665. The standard InChI is InChI=1S/C21H25ClN2O5S/c1-24(30(26,27)19-8-6-17(22)7-9-19)14-16-12-15(5-10-20(16)28-2)21(25)23-13-18-4-3-11-29-18/h5-10,12,18H,3-4,11,13-14H2,1-2H3,(H,23,25)/t18-/m0/s1. The molecule has 1 amide bonds. The van der Waals surface area contributed by atoms with Crippen LogP contribution in [0.4, 0.5) is 0 Å². The van der Waals surface area contributed by atoms with E-state index in [1.807, 2.05) is 0 Å². The summed E-state index contributed by atoms with van der Waals surface area (Å²) in [4.78, 5) is 12.7. The summed E-state index contributed by atoms with van der Waals surface area (Å²) in [6.07, 6.45) is 1.98. The zero-order chi connectivity index (χ0) is 21.7. The molecule has 30 heavy (non-hydrogen) atoms. The Kier molecular flexibility index (Phi) is 7.36. The lowest BCUT2D eigenvalue weighted by Gasteiger charge is -2.19. The normalized spacial score (nSPS) is 16.6. The lowest BCUT2D eigenvalue weighted by Crippen LogP contribution is -2.32. The molecule has 1 fully saturated rings. The number of ether oxygens (including phenoxy) is 2. The van der Waals surface area contributed by atoms with Crippen molar-refractivity contribution in [3.8, 4) is 5.75 Å². The Morgan fingerprint density at radius 2 is 2.00 bits per heavy atom. The molecule has 1 aliphatic rings. The molecule has 1 atom stereocenters. The molecule has 0 aliphatic carbocycles. The van der Waals surface area contributed by atoms with Crippen molar-refractivity contribution in [3.05, 3.63) is 58.6 Å². The number of nitrogens with one attached hydrogen (secondary N) is 1. The molecule has 0 unspecified atom stereocenters. The molecule has 1 aliphatic heterocycles. The molecule has 1 heterocycles. The van der Waals surface area contributed by atoms with E-state index < -0.39 is 10.0 Å². The fourth-order valence-electron chi connectivity index (χ4n) is 3.27. The minimum Gasteiger partial charge on any atom is -0.496 e. The number of nitrogens with zero attached hydrogens (tertiary/aromatic N) is 1. The largest absolute Gasteiger partial charge is 0.496 e. The minimum absolute atomic E-state index is 0.0426. The second-order valence-electron chi connectivity index (χ2n) is 7.09. The van der Waals surface area contributed by atoms with E-state index in [-0.39, 0.29) is 23.5 Å². The summed E-state index contributed by atoms with van der Waals surface area (Å²) in [6.45, 7) is 1.22. The van der Waals surface area contributed by atoms with Gasteiger partial charge in [0.1, 0.15) is 5.75 Å². The second kappa shape index (κ2) is 9.78. The minimum atomic E-state index is -3.73. The maximum atomic E-state index is 12.9. The molecule has 9 heteroatoms. The number of rotatable bonds is 8. The van der Waals surface area contributed by atoms with Crippen LogP contribution in [-0.4, -0.2) is 52.0 Å². The maximum absolute atomic E-state index is 12.9. The predicted octanol–water partition coefficient (Wildman–Crippen LogP) is 3.08. The highest BCUT2D eigenvalue weighted by Crippen LogP contribution is 2.25. The lowest BCUT2D eigenvalue weighted by atomic mass is 10.1. The number of amides is 1. The number of sulfonamides is 1. The Balaban J connectivity index is 1.75. The predicted molar refractivity (Wildman–Crippen MR) is 114 cm³/mol. The van der Waals surface area contributed by atoms with Crippen LogP contribution in [0.5, 0.6) is 5.75 Å². The Labute approximate surface area is 182 Å². The number of carbonyl (C=O) groups is 1. The lowest BCUT2D eigenvalue weighted by molar-refractivity contribution is 0.0857. The van der Waals surface area contributed by atoms with E-state index in [0.29, 0.717) is 28.4 Å². The van der Waals surface area contributed by atoms with Gasteiger partial charge < -0.3 is 14.8 Å². The van der Waals surface area contributed by atoms with Crippen molar-refractivity contribution in [3.63, 3.8) is 0 Å². The Morgan fingerprint density at radius 3 is 2.63 bits per heavy atom. The van der Waals surface area contributed by atoms with Crippen molar-refractivity contribution >= 4 is 27.5 Å². The van der Waals surface area contributed by atoms with Crippen LogP contribution in [0.15, 0.2) is 47.4 Å². The van der Waals surface area contributed by atoms with Gasteiger partial charge >= 0.3 is 0 Å². The van der Waals surface area contributed by atoms with Crippen molar-refractivity contribution in [1.82, 2.24) is 9.62 Å². The zero-order valence-electron chi connectivity index (χ0n) is 16.9. The van der Waals surface area contributed by atoms with Crippen LogP contribution < -0.4 is 10.1 Å². The first-order valence-electron chi connectivity index (χ1n) is 9.60. The SMILES string of the molecule is COc1ccc(C(=O)NC[C@@H]2CCCO2)cc1CN(C)S(=O)(=O)c1ccc(Cl)cc1. The Bertz CT molecular complexity index is 989. The van der Waals surface area contributed by atoms with Crippen molar-refractivity contribution < 1.29 is 22.7 Å². The summed E-state index contributed by atoms with van der Waals surface area (Å²) in [5.41, 5.74) is 1.02. The molecular weight excluding hydrogens is 428 g/mol. The smallest absolute Gasteiger partial charge is 0.251 e. The molecule has 162 valence electrons. The van der Waals surface area contributed by atoms with Crippen LogP contribution in [0, 0.1) is 0 Å². The first-order chi connectivity index (χ1) is 14.3. The average molecular weight is 453 g/mol. The fraction of sp³-hybridized carbons (Fsp3) is 0.381. The van der Waals surface area contributed by atoms with Gasteiger partial charge in [-0.2, -0.15) is 4.31 Å². The number of hydrogen-bond acceptors (Lipinski definition) is 5. The Morgan fingerprint density at radius 1 is 1.27 bits per heavy atom. The summed E-state index contributed by atoms with van der Waals surface area (Å²) in [5, 5.41) is 3.33. The fourth-order valence-corrected chi connectivity index (χ4v) is 4.54. The average Bonchev–Trinajstić information content (AvgIpc) is 3.26. The van der Waals surface area contributed by atoms with Gasteiger partial charge in [-0.1, -0.05) is 11.6 Å². The maximum Gasteiger partial charge on any atom is 0.251 e. The summed E-state index contributed by atoms with van der Waals surface area (Å²) in [5.74, 6) is 0.265. The summed E-state index contributed by atoms with van der Waals surface area (Å²) in [6, 6.07) is 10.9. The molecule has 7 nitrogen and oxygen atoms in total. The van der Waals surface area contributed by atoms with E-state index in [0.717, 1.165) is 19.4 Å². The molecule has 0 aromatic heterocycles. The highest BCUT2D eigenvalue weighted by Gasteiger charge is 2.23. The third-order valence-electron chi connectivity index (χ3n) is 4.97. The van der Waals surface area contributed by atoms with Gasteiger partial charge in [-0.15, -0.1) is 0 Å². The van der Waals surface area contributed by atoms with Gasteiger partial charge in [0.05, 0.1) is 18.1 Å². The van der Waals surface area contributed by atoms with Crippen LogP contribution in [-0.2, 0) is 21.3 Å². The van der Waals surface area contributed by atoms with Gasteiger partial charge in [0.2, 0.25) is 10.0 Å². The Hall–Kier alpha value is -2.13. The highest BCUT2D eigenvalue weighted by molar-refractivity contribution is 7.89. The summed E-state index contributed by atoms with van der Waals surface area (Å²) in [7, 11) is -0.748. The number of hydrogen-bond donors (Lipinski definition) is 1. The van der Waals surface area contributed by atoms with Gasteiger partial charge in [0.15, 0.2) is 0 Å². The van der Waals surface area contributed by atoms with Crippen LogP contribution in [0.25, 0.3) is 0 Å². The van der Waals surface area contributed by atoms with E-state index >= 15 is 0 Å². The number of benzene rings is 2. The topological polar surface area (TPSA) is 84.9 Å². The van der Waals surface area contributed by atoms with E-state index in [1.54, 1.807) is 18.2 Å². The molecule has 0 spiro atoms. The molecular formula is C21H25ClN2O5S. The summed E-state index contributed by atoms with van der Waals surface area (Å²) >= 11 is 5.85. The second-order valence-corrected chi connectivity index (χ2v) is 9.57. The third-order valence-corrected chi connectivity index (χ3v) is 7.04. The van der Waals surface area contributed by atoms with Gasteiger partial charge in [0.25, 0.3) is 5.91 Å². The van der Waals surface area contributed by atoms with E-state index in [4.69, 9.17) is 21.1 Å². The molecule has 0 bridgehead atoms. The van der Waals surface area contributed by atoms with E-state index in [1.165, 1.54) is 42.7 Å². The molecule has 0 radical (unpaired) electrons. The van der Waals surface area contributed by atoms with Crippen molar-refractivity contribution in [2.75, 3.05) is 27.3 Å². The molecule has 2 aromatic carbocycles. The molecule has 1 saturated heterocycles. The van der Waals surface area contributed by atoms with Crippen LogP contribution in [0.2, 0.25) is 5.02 Å². The number of methoxy groups -OCH3 is 1. The van der Waals surface area contributed by atoms with Crippen LogP contribution >= 0.6 is 11.6 Å².